The largest absolute Gasteiger partial charge is 0.321 e. The molecule has 0 radical (unpaired) electrons. The van der Waals surface area contributed by atoms with Crippen LogP contribution in [-0.4, -0.2) is 5.91 Å². The molecule has 1 N–H and O–H groups in total. The Hall–Kier alpha value is -1.65. The number of carbonyl (C=O) groups excluding carboxylic acids is 1. The molecule has 0 heterocycles. The molecule has 1 amide bonds. The number of carbonyl (C=O) groups is 1. The maximum Gasteiger partial charge on any atom is 0.255 e. The number of amides is 1. The molecule has 0 aromatic heterocycles. The number of hydrogen-bond donors (Lipinski definition) is 1. The Balaban J connectivity index is 2.28. The summed E-state index contributed by atoms with van der Waals surface area (Å²) in [6.45, 7) is 0. The Bertz CT molecular complexity index is 626. The summed E-state index contributed by atoms with van der Waals surface area (Å²) in [5.41, 5.74) is 0.123. The third-order valence-corrected chi connectivity index (χ3v) is 2.87. The van der Waals surface area contributed by atoms with Gasteiger partial charge < -0.3 is 5.32 Å². The predicted molar refractivity (Wildman–Crippen MR) is 70.8 cm³/mol. The van der Waals surface area contributed by atoms with Crippen LogP contribution in [0.3, 0.4) is 0 Å². The van der Waals surface area contributed by atoms with Crippen molar-refractivity contribution in [2.24, 2.45) is 0 Å². The molecule has 0 unspecified atom stereocenters. The standard InChI is InChI=1S/C13H7Cl2F2NO/c14-8-1-2-11(15)12(5-8)18-13(19)7-3-9(16)6-10(17)4-7/h1-6H,(H,18,19). The highest BCUT2D eigenvalue weighted by Crippen LogP contribution is 2.26. The second-order valence-electron chi connectivity index (χ2n) is 3.74. The fourth-order valence-electron chi connectivity index (χ4n) is 1.47. The third kappa shape index (κ3) is 3.43. The molecule has 0 bridgehead atoms. The van der Waals surface area contributed by atoms with Crippen LogP contribution >= 0.6 is 23.2 Å². The first-order chi connectivity index (χ1) is 8.95. The summed E-state index contributed by atoms with van der Waals surface area (Å²) < 4.78 is 26.0. The summed E-state index contributed by atoms with van der Waals surface area (Å²) in [7, 11) is 0. The summed E-state index contributed by atoms with van der Waals surface area (Å²) in [4.78, 5) is 11.8. The zero-order valence-corrected chi connectivity index (χ0v) is 10.9. The molecule has 2 aromatic rings. The first-order valence-corrected chi connectivity index (χ1v) is 5.94. The highest BCUT2D eigenvalue weighted by Gasteiger charge is 2.11. The van der Waals surface area contributed by atoms with E-state index in [1.165, 1.54) is 12.1 Å². The molecule has 0 fully saturated rings. The Labute approximate surface area is 118 Å². The van der Waals surface area contributed by atoms with Crippen LogP contribution < -0.4 is 5.32 Å². The first-order valence-electron chi connectivity index (χ1n) is 5.18. The number of anilines is 1. The van der Waals surface area contributed by atoms with Crippen molar-refractivity contribution in [3.05, 3.63) is 63.6 Å². The molecule has 2 rings (SSSR count). The van der Waals surface area contributed by atoms with E-state index in [4.69, 9.17) is 23.2 Å². The zero-order chi connectivity index (χ0) is 14.0. The fourth-order valence-corrected chi connectivity index (χ4v) is 1.81. The minimum absolute atomic E-state index is 0.145. The van der Waals surface area contributed by atoms with Crippen LogP contribution in [0.1, 0.15) is 10.4 Å². The zero-order valence-electron chi connectivity index (χ0n) is 9.38. The van der Waals surface area contributed by atoms with Gasteiger partial charge in [-0.2, -0.15) is 0 Å². The van der Waals surface area contributed by atoms with Crippen LogP contribution in [0.4, 0.5) is 14.5 Å². The van der Waals surface area contributed by atoms with Crippen molar-refractivity contribution in [3.63, 3.8) is 0 Å². The van der Waals surface area contributed by atoms with Crippen LogP contribution in [0.5, 0.6) is 0 Å². The summed E-state index contributed by atoms with van der Waals surface area (Å²) in [6.07, 6.45) is 0. The third-order valence-electron chi connectivity index (χ3n) is 2.30. The van der Waals surface area contributed by atoms with Crippen LogP contribution in [0.2, 0.25) is 10.0 Å². The second kappa shape index (κ2) is 5.55. The van der Waals surface area contributed by atoms with Crippen LogP contribution in [0, 0.1) is 11.6 Å². The lowest BCUT2D eigenvalue weighted by molar-refractivity contribution is 0.102. The van der Waals surface area contributed by atoms with E-state index >= 15 is 0 Å². The monoisotopic (exact) mass is 301 g/mol. The quantitative estimate of drug-likeness (QED) is 0.868. The van der Waals surface area contributed by atoms with E-state index in [1.807, 2.05) is 0 Å². The van der Waals surface area contributed by atoms with Gasteiger partial charge in [0.05, 0.1) is 10.7 Å². The predicted octanol–water partition coefficient (Wildman–Crippen LogP) is 4.52. The molecule has 2 nitrogen and oxygen atoms in total. The van der Waals surface area contributed by atoms with E-state index < -0.39 is 17.5 Å². The molecule has 19 heavy (non-hydrogen) atoms. The van der Waals surface area contributed by atoms with E-state index in [-0.39, 0.29) is 16.3 Å². The van der Waals surface area contributed by atoms with E-state index in [2.05, 4.69) is 5.32 Å². The number of nitrogens with one attached hydrogen (secondary N) is 1. The fraction of sp³-hybridized carbons (Fsp3) is 0. The molecule has 0 aliphatic rings. The number of halogens is 4. The van der Waals surface area contributed by atoms with Crippen molar-refractivity contribution >= 4 is 34.8 Å². The topological polar surface area (TPSA) is 29.1 Å². The number of rotatable bonds is 2. The van der Waals surface area contributed by atoms with Crippen molar-refractivity contribution in [2.75, 3.05) is 5.32 Å². The Morgan fingerprint density at radius 1 is 1.00 bits per heavy atom. The molecular formula is C13H7Cl2F2NO. The number of hydrogen-bond acceptors (Lipinski definition) is 1. The maximum atomic E-state index is 13.0. The van der Waals surface area contributed by atoms with Gasteiger partial charge in [0.1, 0.15) is 11.6 Å². The van der Waals surface area contributed by atoms with Gasteiger partial charge in [0.25, 0.3) is 5.91 Å². The minimum Gasteiger partial charge on any atom is -0.321 e. The van der Waals surface area contributed by atoms with Crippen molar-refractivity contribution in [2.45, 2.75) is 0 Å². The van der Waals surface area contributed by atoms with Crippen molar-refractivity contribution in [1.82, 2.24) is 0 Å². The summed E-state index contributed by atoms with van der Waals surface area (Å²) in [5, 5.41) is 3.09. The van der Waals surface area contributed by atoms with Gasteiger partial charge >= 0.3 is 0 Å². The second-order valence-corrected chi connectivity index (χ2v) is 4.58. The summed E-state index contributed by atoms with van der Waals surface area (Å²) in [6, 6.07) is 7.04. The molecule has 98 valence electrons. The van der Waals surface area contributed by atoms with Crippen LogP contribution in [0.25, 0.3) is 0 Å². The highest BCUT2D eigenvalue weighted by atomic mass is 35.5. The Morgan fingerprint density at radius 2 is 1.63 bits per heavy atom. The molecule has 0 spiro atoms. The molecule has 0 aliphatic heterocycles. The molecular weight excluding hydrogens is 295 g/mol. The highest BCUT2D eigenvalue weighted by molar-refractivity contribution is 6.35. The number of benzene rings is 2. The van der Waals surface area contributed by atoms with Crippen molar-refractivity contribution in [3.8, 4) is 0 Å². The van der Waals surface area contributed by atoms with Gasteiger partial charge in [0, 0.05) is 16.7 Å². The lowest BCUT2D eigenvalue weighted by Gasteiger charge is -2.08. The lowest BCUT2D eigenvalue weighted by atomic mass is 10.2. The normalized spacial score (nSPS) is 10.3. The summed E-state index contributed by atoms with van der Waals surface area (Å²) in [5.74, 6) is -2.34. The van der Waals surface area contributed by atoms with Gasteiger partial charge in [-0.05, 0) is 30.3 Å². The SMILES string of the molecule is O=C(Nc1cc(Cl)ccc1Cl)c1cc(F)cc(F)c1. The van der Waals surface area contributed by atoms with E-state index in [1.54, 1.807) is 6.07 Å². The smallest absolute Gasteiger partial charge is 0.255 e. The molecule has 6 heteroatoms. The van der Waals surface area contributed by atoms with Gasteiger partial charge in [0.15, 0.2) is 0 Å². The van der Waals surface area contributed by atoms with Gasteiger partial charge in [-0.25, -0.2) is 8.78 Å². The van der Waals surface area contributed by atoms with E-state index in [9.17, 15) is 13.6 Å². The minimum atomic E-state index is -0.831. The van der Waals surface area contributed by atoms with Crippen molar-refractivity contribution < 1.29 is 13.6 Å². The summed E-state index contributed by atoms with van der Waals surface area (Å²) >= 11 is 11.6. The average molecular weight is 302 g/mol. The maximum absolute atomic E-state index is 13.0. The molecule has 0 saturated heterocycles. The Kier molecular flexibility index (Phi) is 4.02. The molecule has 0 saturated carbocycles. The van der Waals surface area contributed by atoms with Crippen LogP contribution in [-0.2, 0) is 0 Å². The first kappa shape index (κ1) is 13.8. The molecule has 0 aliphatic carbocycles. The van der Waals surface area contributed by atoms with E-state index in [0.717, 1.165) is 12.1 Å². The van der Waals surface area contributed by atoms with Gasteiger partial charge in [-0.3, -0.25) is 4.79 Å². The Morgan fingerprint density at radius 3 is 2.26 bits per heavy atom. The van der Waals surface area contributed by atoms with E-state index in [0.29, 0.717) is 11.1 Å². The molecule has 2 aromatic carbocycles. The van der Waals surface area contributed by atoms with Crippen LogP contribution in [0.15, 0.2) is 36.4 Å². The lowest BCUT2D eigenvalue weighted by Crippen LogP contribution is -2.12. The van der Waals surface area contributed by atoms with Gasteiger partial charge in [-0.1, -0.05) is 23.2 Å². The van der Waals surface area contributed by atoms with Gasteiger partial charge in [-0.15, -0.1) is 0 Å². The van der Waals surface area contributed by atoms with Gasteiger partial charge in [0.2, 0.25) is 0 Å². The average Bonchev–Trinajstić information content (AvgIpc) is 2.32. The molecule has 0 atom stereocenters. The van der Waals surface area contributed by atoms with Crippen molar-refractivity contribution in [1.29, 1.82) is 0 Å².